The van der Waals surface area contributed by atoms with Gasteiger partial charge < -0.3 is 14.7 Å². The van der Waals surface area contributed by atoms with Gasteiger partial charge in [-0.3, -0.25) is 0 Å². The Hall–Kier alpha value is -0.320. The molecule has 0 amide bonds. The summed E-state index contributed by atoms with van der Waals surface area (Å²) in [6.07, 6.45) is 1.76. The van der Waals surface area contributed by atoms with Crippen molar-refractivity contribution >= 4 is 23.2 Å². The average Bonchev–Trinajstić information content (AvgIpc) is 2.39. The normalized spacial score (nSPS) is 21.9. The molecule has 5 heteroatoms. The number of halogens is 2. The molecule has 0 aliphatic carbocycles. The van der Waals surface area contributed by atoms with Gasteiger partial charge in [0.05, 0.1) is 12.7 Å². The molecular formula is C15H21Cl2NO2. The van der Waals surface area contributed by atoms with Gasteiger partial charge in [-0.25, -0.2) is 0 Å². The first kappa shape index (κ1) is 16.1. The van der Waals surface area contributed by atoms with Crippen LogP contribution in [0.1, 0.15) is 24.5 Å². The lowest BCUT2D eigenvalue weighted by Crippen LogP contribution is -2.39. The van der Waals surface area contributed by atoms with Gasteiger partial charge in [0.25, 0.3) is 0 Å². The summed E-state index contributed by atoms with van der Waals surface area (Å²) < 4.78 is 5.23. The van der Waals surface area contributed by atoms with E-state index in [1.54, 1.807) is 25.3 Å². The number of β-amino-alcohol motifs (C(OH)–C–C–N with tert-alkyl or cyclic N) is 1. The minimum absolute atomic E-state index is 0.524. The number of benzene rings is 1. The molecule has 2 unspecified atom stereocenters. The molecule has 0 aromatic heterocycles. The quantitative estimate of drug-likeness (QED) is 0.903. The SMILES string of the molecule is COCC1CCCN(CC(O)c2ccc(Cl)cc2Cl)C1. The van der Waals surface area contributed by atoms with Gasteiger partial charge in [0, 0.05) is 35.8 Å². The van der Waals surface area contributed by atoms with E-state index in [0.29, 0.717) is 22.5 Å². The minimum atomic E-state index is -0.582. The Morgan fingerprint density at radius 2 is 2.25 bits per heavy atom. The lowest BCUT2D eigenvalue weighted by molar-refractivity contribution is 0.0563. The summed E-state index contributed by atoms with van der Waals surface area (Å²) in [5, 5.41) is 11.5. The standard InChI is InChI=1S/C15H21Cl2NO2/c1-20-10-11-3-2-6-18(8-11)9-15(19)13-5-4-12(16)7-14(13)17/h4-5,7,11,15,19H,2-3,6,8-10H2,1H3. The molecule has 2 atom stereocenters. The largest absolute Gasteiger partial charge is 0.387 e. The van der Waals surface area contributed by atoms with Crippen molar-refractivity contribution in [2.75, 3.05) is 33.4 Å². The number of nitrogens with zero attached hydrogens (tertiary/aromatic N) is 1. The van der Waals surface area contributed by atoms with Crippen LogP contribution in [0.4, 0.5) is 0 Å². The number of methoxy groups -OCH3 is 1. The number of hydrogen-bond acceptors (Lipinski definition) is 3. The molecule has 3 nitrogen and oxygen atoms in total. The molecule has 1 aromatic carbocycles. The van der Waals surface area contributed by atoms with Crippen LogP contribution in [0.3, 0.4) is 0 Å². The Balaban J connectivity index is 1.95. The molecule has 1 saturated heterocycles. The van der Waals surface area contributed by atoms with Crippen LogP contribution in [0, 0.1) is 5.92 Å². The Kier molecular flexibility index (Phi) is 6.12. The van der Waals surface area contributed by atoms with Crippen LogP contribution < -0.4 is 0 Å². The van der Waals surface area contributed by atoms with E-state index in [-0.39, 0.29) is 0 Å². The summed E-state index contributed by atoms with van der Waals surface area (Å²) in [5.74, 6) is 0.557. The average molecular weight is 318 g/mol. The van der Waals surface area contributed by atoms with E-state index in [1.807, 2.05) is 0 Å². The van der Waals surface area contributed by atoms with Gasteiger partial charge in [-0.15, -0.1) is 0 Å². The highest BCUT2D eigenvalue weighted by atomic mass is 35.5. The van der Waals surface area contributed by atoms with Gasteiger partial charge in [0.1, 0.15) is 0 Å². The molecule has 1 heterocycles. The first-order valence-corrected chi connectivity index (χ1v) is 7.70. The molecule has 0 spiro atoms. The van der Waals surface area contributed by atoms with Crippen LogP contribution in [0.15, 0.2) is 18.2 Å². The fraction of sp³-hybridized carbons (Fsp3) is 0.600. The van der Waals surface area contributed by atoms with Crippen molar-refractivity contribution in [3.05, 3.63) is 33.8 Å². The van der Waals surface area contributed by atoms with Crippen LogP contribution >= 0.6 is 23.2 Å². The van der Waals surface area contributed by atoms with Gasteiger partial charge in [-0.05, 0) is 37.4 Å². The van der Waals surface area contributed by atoms with E-state index in [2.05, 4.69) is 4.90 Å². The zero-order chi connectivity index (χ0) is 14.5. The molecule has 112 valence electrons. The molecule has 0 radical (unpaired) electrons. The summed E-state index contributed by atoms with van der Waals surface area (Å²) in [6.45, 7) is 3.37. The van der Waals surface area contributed by atoms with Crippen molar-refractivity contribution in [2.24, 2.45) is 5.92 Å². The monoisotopic (exact) mass is 317 g/mol. The highest BCUT2D eigenvalue weighted by Crippen LogP contribution is 2.28. The fourth-order valence-electron chi connectivity index (χ4n) is 2.80. The summed E-state index contributed by atoms with van der Waals surface area (Å²) in [6, 6.07) is 5.23. The minimum Gasteiger partial charge on any atom is -0.387 e. The maximum absolute atomic E-state index is 10.4. The zero-order valence-electron chi connectivity index (χ0n) is 11.7. The van der Waals surface area contributed by atoms with E-state index in [0.717, 1.165) is 31.7 Å². The van der Waals surface area contributed by atoms with Crippen molar-refractivity contribution in [3.8, 4) is 0 Å². The van der Waals surface area contributed by atoms with Crippen molar-refractivity contribution in [1.82, 2.24) is 4.90 Å². The molecule has 1 N–H and O–H groups in total. The molecule has 1 fully saturated rings. The Labute approximate surface area is 130 Å². The van der Waals surface area contributed by atoms with E-state index in [1.165, 1.54) is 6.42 Å². The van der Waals surface area contributed by atoms with Gasteiger partial charge in [-0.1, -0.05) is 29.3 Å². The van der Waals surface area contributed by atoms with Crippen LogP contribution in [0.2, 0.25) is 10.0 Å². The number of aliphatic hydroxyl groups is 1. The van der Waals surface area contributed by atoms with Gasteiger partial charge in [0.2, 0.25) is 0 Å². The highest BCUT2D eigenvalue weighted by molar-refractivity contribution is 6.35. The number of rotatable bonds is 5. The van der Waals surface area contributed by atoms with Crippen LogP contribution in [-0.2, 0) is 4.74 Å². The highest BCUT2D eigenvalue weighted by Gasteiger charge is 2.23. The second kappa shape index (κ2) is 7.62. The topological polar surface area (TPSA) is 32.7 Å². The second-order valence-electron chi connectivity index (χ2n) is 5.40. The van der Waals surface area contributed by atoms with Crippen molar-refractivity contribution in [1.29, 1.82) is 0 Å². The Morgan fingerprint density at radius 3 is 2.95 bits per heavy atom. The zero-order valence-corrected chi connectivity index (χ0v) is 13.2. The molecule has 1 aromatic rings. The molecule has 1 aliphatic rings. The smallest absolute Gasteiger partial charge is 0.0931 e. The van der Waals surface area contributed by atoms with E-state index in [4.69, 9.17) is 27.9 Å². The number of ether oxygens (including phenoxy) is 1. The molecule has 0 bridgehead atoms. The van der Waals surface area contributed by atoms with Gasteiger partial charge in [0.15, 0.2) is 0 Å². The summed E-state index contributed by atoms with van der Waals surface area (Å²) in [4.78, 5) is 2.28. The van der Waals surface area contributed by atoms with E-state index < -0.39 is 6.10 Å². The third-order valence-electron chi connectivity index (χ3n) is 3.76. The van der Waals surface area contributed by atoms with E-state index >= 15 is 0 Å². The van der Waals surface area contributed by atoms with E-state index in [9.17, 15) is 5.11 Å². The van der Waals surface area contributed by atoms with Crippen molar-refractivity contribution < 1.29 is 9.84 Å². The summed E-state index contributed by atoms with van der Waals surface area (Å²) >= 11 is 12.0. The lowest BCUT2D eigenvalue weighted by Gasteiger charge is -2.33. The fourth-order valence-corrected chi connectivity index (χ4v) is 3.34. The summed E-state index contributed by atoms with van der Waals surface area (Å²) in [5.41, 5.74) is 0.741. The third kappa shape index (κ3) is 4.34. The molecule has 2 rings (SSSR count). The molecule has 1 aliphatic heterocycles. The Morgan fingerprint density at radius 1 is 1.45 bits per heavy atom. The van der Waals surface area contributed by atoms with Crippen molar-refractivity contribution in [3.63, 3.8) is 0 Å². The van der Waals surface area contributed by atoms with Gasteiger partial charge >= 0.3 is 0 Å². The number of piperidine rings is 1. The molecular weight excluding hydrogens is 297 g/mol. The lowest BCUT2D eigenvalue weighted by atomic mass is 9.98. The molecule has 0 saturated carbocycles. The number of aliphatic hydroxyl groups excluding tert-OH is 1. The second-order valence-corrected chi connectivity index (χ2v) is 6.25. The Bertz CT molecular complexity index is 440. The van der Waals surface area contributed by atoms with Crippen molar-refractivity contribution in [2.45, 2.75) is 18.9 Å². The molecule has 20 heavy (non-hydrogen) atoms. The first-order chi connectivity index (χ1) is 9.60. The number of likely N-dealkylation sites (tertiary alicyclic amines) is 1. The predicted octanol–water partition coefficient (Wildman–Crippen LogP) is 3.39. The summed E-state index contributed by atoms with van der Waals surface area (Å²) in [7, 11) is 1.74. The van der Waals surface area contributed by atoms with Gasteiger partial charge in [-0.2, -0.15) is 0 Å². The van der Waals surface area contributed by atoms with Crippen LogP contribution in [0.25, 0.3) is 0 Å². The maximum atomic E-state index is 10.4. The van der Waals surface area contributed by atoms with Crippen LogP contribution in [0.5, 0.6) is 0 Å². The maximum Gasteiger partial charge on any atom is 0.0931 e. The number of hydrogen-bond donors (Lipinski definition) is 1. The predicted molar refractivity (Wildman–Crippen MR) is 82.5 cm³/mol. The third-order valence-corrected chi connectivity index (χ3v) is 4.32. The first-order valence-electron chi connectivity index (χ1n) is 6.94. The van der Waals surface area contributed by atoms with Crippen LogP contribution in [-0.4, -0.2) is 43.4 Å².